The number of hydrogen-bond donors (Lipinski definition) is 3. The van der Waals surface area contributed by atoms with Gasteiger partial charge in [-0.1, -0.05) is 30.3 Å². The number of nitrogens with zero attached hydrogens (tertiary/aromatic N) is 1. The van der Waals surface area contributed by atoms with Gasteiger partial charge in [0.1, 0.15) is 0 Å². The molecule has 2 bridgehead atoms. The molecule has 2 heterocycles. The van der Waals surface area contributed by atoms with E-state index in [1.807, 2.05) is 35.2 Å². The van der Waals surface area contributed by atoms with Crippen molar-refractivity contribution in [2.24, 2.45) is 5.92 Å². The Bertz CT molecular complexity index is 607. The maximum Gasteiger partial charge on any atom is 0.318 e. The molecule has 2 aliphatic rings. The molecule has 0 spiro atoms. The Morgan fingerprint density at radius 1 is 1.24 bits per heavy atom. The zero-order valence-corrected chi connectivity index (χ0v) is 14.3. The Balaban J connectivity index is 1.64. The van der Waals surface area contributed by atoms with Crippen molar-refractivity contribution in [2.45, 2.75) is 56.7 Å². The van der Waals surface area contributed by atoms with Crippen molar-refractivity contribution in [3.05, 3.63) is 35.9 Å². The second kappa shape index (κ2) is 7.87. The van der Waals surface area contributed by atoms with Crippen molar-refractivity contribution in [2.75, 3.05) is 6.61 Å². The lowest BCUT2D eigenvalue weighted by Gasteiger charge is -2.27. The van der Waals surface area contributed by atoms with Crippen LogP contribution >= 0.6 is 0 Å². The SMILES string of the molecule is O=C(O)CCC(Cc1ccccc1)NC(=O)N1C2CCC1C(CO)C2. The van der Waals surface area contributed by atoms with Crippen LogP contribution in [0.2, 0.25) is 0 Å². The molecule has 2 fully saturated rings. The van der Waals surface area contributed by atoms with Crippen molar-refractivity contribution in [3.63, 3.8) is 0 Å². The molecule has 2 saturated heterocycles. The molecule has 2 amide bonds. The van der Waals surface area contributed by atoms with Gasteiger partial charge in [-0.15, -0.1) is 0 Å². The van der Waals surface area contributed by atoms with Gasteiger partial charge in [-0.05, 0) is 37.7 Å². The van der Waals surface area contributed by atoms with Crippen molar-refractivity contribution in [1.29, 1.82) is 0 Å². The summed E-state index contributed by atoms with van der Waals surface area (Å²) in [7, 11) is 0. The van der Waals surface area contributed by atoms with Crippen LogP contribution in [0.25, 0.3) is 0 Å². The smallest absolute Gasteiger partial charge is 0.318 e. The Hall–Kier alpha value is -2.08. The monoisotopic (exact) mass is 346 g/mol. The molecule has 1 aromatic rings. The third-order valence-corrected chi connectivity index (χ3v) is 5.49. The fraction of sp³-hybridized carbons (Fsp3) is 0.579. The first-order valence-electron chi connectivity index (χ1n) is 9.04. The van der Waals surface area contributed by atoms with E-state index in [2.05, 4.69) is 5.32 Å². The summed E-state index contributed by atoms with van der Waals surface area (Å²) in [5.41, 5.74) is 1.08. The fourth-order valence-corrected chi connectivity index (χ4v) is 4.30. The van der Waals surface area contributed by atoms with E-state index in [4.69, 9.17) is 5.11 Å². The number of carbonyl (C=O) groups is 2. The summed E-state index contributed by atoms with van der Waals surface area (Å²) in [6, 6.07) is 9.79. The number of carbonyl (C=O) groups excluding carboxylic acids is 1. The van der Waals surface area contributed by atoms with Crippen LogP contribution in [-0.4, -0.2) is 51.8 Å². The molecule has 2 aliphatic heterocycles. The van der Waals surface area contributed by atoms with Gasteiger partial charge in [0, 0.05) is 37.1 Å². The topological polar surface area (TPSA) is 89.9 Å². The molecule has 6 heteroatoms. The molecule has 4 unspecified atom stereocenters. The number of benzene rings is 1. The highest BCUT2D eigenvalue weighted by molar-refractivity contribution is 5.76. The standard InChI is InChI=1S/C19H26N2O4/c22-12-14-11-16-7-8-17(14)21(16)19(25)20-15(6-9-18(23)24)10-13-4-2-1-3-5-13/h1-5,14-17,22H,6-12H2,(H,20,25)(H,23,24). The summed E-state index contributed by atoms with van der Waals surface area (Å²) in [5, 5.41) is 21.5. The average molecular weight is 346 g/mol. The van der Waals surface area contributed by atoms with Crippen LogP contribution in [0.15, 0.2) is 30.3 Å². The molecule has 3 N–H and O–H groups in total. The van der Waals surface area contributed by atoms with Crippen LogP contribution in [0.3, 0.4) is 0 Å². The molecule has 0 aromatic heterocycles. The molecular weight excluding hydrogens is 320 g/mol. The Labute approximate surface area is 147 Å². The highest BCUT2D eigenvalue weighted by atomic mass is 16.4. The van der Waals surface area contributed by atoms with Gasteiger partial charge in [-0.2, -0.15) is 0 Å². The third kappa shape index (κ3) is 4.12. The number of hydrogen-bond acceptors (Lipinski definition) is 3. The van der Waals surface area contributed by atoms with Crippen LogP contribution in [0, 0.1) is 5.92 Å². The molecular formula is C19H26N2O4. The number of rotatable bonds is 7. The van der Waals surface area contributed by atoms with Crippen molar-refractivity contribution >= 4 is 12.0 Å². The molecule has 136 valence electrons. The van der Waals surface area contributed by atoms with Crippen LogP contribution in [0.1, 0.15) is 37.7 Å². The number of carboxylic acid groups (broad SMARTS) is 1. The van der Waals surface area contributed by atoms with E-state index in [0.717, 1.165) is 24.8 Å². The van der Waals surface area contributed by atoms with Gasteiger partial charge < -0.3 is 20.4 Å². The Morgan fingerprint density at radius 3 is 2.64 bits per heavy atom. The van der Waals surface area contributed by atoms with E-state index in [-0.39, 0.29) is 43.1 Å². The molecule has 0 aliphatic carbocycles. The van der Waals surface area contributed by atoms with Gasteiger partial charge in [-0.25, -0.2) is 4.79 Å². The third-order valence-electron chi connectivity index (χ3n) is 5.49. The van der Waals surface area contributed by atoms with Gasteiger partial charge in [0.05, 0.1) is 0 Å². The second-order valence-corrected chi connectivity index (χ2v) is 7.15. The summed E-state index contributed by atoms with van der Waals surface area (Å²) in [6.45, 7) is 0.122. The maximum atomic E-state index is 12.8. The van der Waals surface area contributed by atoms with E-state index < -0.39 is 5.97 Å². The van der Waals surface area contributed by atoms with Gasteiger partial charge in [0.25, 0.3) is 0 Å². The lowest BCUT2D eigenvalue weighted by molar-refractivity contribution is -0.137. The van der Waals surface area contributed by atoms with Crippen LogP contribution < -0.4 is 5.32 Å². The van der Waals surface area contributed by atoms with E-state index >= 15 is 0 Å². The fourth-order valence-electron chi connectivity index (χ4n) is 4.30. The van der Waals surface area contributed by atoms with Crippen molar-refractivity contribution in [3.8, 4) is 0 Å². The summed E-state index contributed by atoms with van der Waals surface area (Å²) >= 11 is 0. The zero-order valence-electron chi connectivity index (χ0n) is 14.3. The Kier molecular flexibility index (Phi) is 5.58. The first kappa shape index (κ1) is 17.7. The summed E-state index contributed by atoms with van der Waals surface area (Å²) in [5.74, 6) is -0.676. The molecule has 0 radical (unpaired) electrons. The van der Waals surface area contributed by atoms with E-state index in [0.29, 0.717) is 12.8 Å². The maximum absolute atomic E-state index is 12.8. The predicted octanol–water partition coefficient (Wildman–Crippen LogP) is 2.02. The molecule has 3 rings (SSSR count). The van der Waals surface area contributed by atoms with Gasteiger partial charge in [-0.3, -0.25) is 4.79 Å². The minimum Gasteiger partial charge on any atom is -0.481 e. The van der Waals surface area contributed by atoms with Gasteiger partial charge >= 0.3 is 12.0 Å². The summed E-state index contributed by atoms with van der Waals surface area (Å²) in [4.78, 5) is 25.6. The number of aliphatic hydroxyl groups is 1. The first-order valence-corrected chi connectivity index (χ1v) is 9.04. The predicted molar refractivity (Wildman–Crippen MR) is 93.2 cm³/mol. The lowest BCUT2D eigenvalue weighted by Crippen LogP contribution is -2.48. The largest absolute Gasteiger partial charge is 0.481 e. The minimum absolute atomic E-state index is 0.0316. The second-order valence-electron chi connectivity index (χ2n) is 7.15. The lowest BCUT2D eigenvalue weighted by atomic mass is 9.90. The van der Waals surface area contributed by atoms with Crippen molar-refractivity contribution < 1.29 is 19.8 Å². The van der Waals surface area contributed by atoms with Gasteiger partial charge in [0.2, 0.25) is 0 Å². The molecule has 6 nitrogen and oxygen atoms in total. The highest BCUT2D eigenvalue weighted by Crippen LogP contribution is 2.41. The molecule has 25 heavy (non-hydrogen) atoms. The Morgan fingerprint density at radius 2 is 2.00 bits per heavy atom. The molecule has 0 saturated carbocycles. The number of fused-ring (bicyclic) bond motifs is 2. The number of carboxylic acids is 1. The number of amides is 2. The minimum atomic E-state index is -0.853. The van der Waals surface area contributed by atoms with E-state index in [1.54, 1.807) is 0 Å². The number of nitrogens with one attached hydrogen (secondary N) is 1. The normalized spacial score (nSPS) is 25.8. The highest BCUT2D eigenvalue weighted by Gasteiger charge is 2.48. The number of aliphatic carboxylic acids is 1. The molecule has 1 aromatic carbocycles. The van der Waals surface area contributed by atoms with Gasteiger partial charge in [0.15, 0.2) is 0 Å². The summed E-state index contributed by atoms with van der Waals surface area (Å²) in [6.07, 6.45) is 3.86. The zero-order chi connectivity index (χ0) is 17.8. The van der Waals surface area contributed by atoms with Crippen LogP contribution in [0.4, 0.5) is 4.79 Å². The average Bonchev–Trinajstić information content (AvgIpc) is 3.18. The number of urea groups is 1. The van der Waals surface area contributed by atoms with Crippen LogP contribution in [0.5, 0.6) is 0 Å². The first-order chi connectivity index (χ1) is 12.1. The number of aliphatic hydroxyl groups excluding tert-OH is 1. The van der Waals surface area contributed by atoms with E-state index in [1.165, 1.54) is 0 Å². The van der Waals surface area contributed by atoms with E-state index in [9.17, 15) is 14.7 Å². The van der Waals surface area contributed by atoms with Crippen LogP contribution in [-0.2, 0) is 11.2 Å². The van der Waals surface area contributed by atoms with Crippen molar-refractivity contribution in [1.82, 2.24) is 10.2 Å². The quantitative estimate of drug-likeness (QED) is 0.704. The molecule has 4 atom stereocenters. The summed E-state index contributed by atoms with van der Waals surface area (Å²) < 4.78 is 0.